The van der Waals surface area contributed by atoms with Gasteiger partial charge >= 0.3 is 0 Å². The molecule has 1 heterocycles. The molecule has 0 fully saturated rings. The molecule has 3 nitrogen and oxygen atoms in total. The molecule has 1 N–H and O–H groups in total. The van der Waals surface area contributed by atoms with Crippen LogP contribution in [0.2, 0.25) is 0 Å². The smallest absolute Gasteiger partial charge is 0.148 e. The second-order valence-electron chi connectivity index (χ2n) is 6.10. The lowest BCUT2D eigenvalue weighted by Gasteiger charge is -2.14. The zero-order chi connectivity index (χ0) is 15.4. The maximum absolute atomic E-state index is 14.0. The van der Waals surface area contributed by atoms with E-state index in [4.69, 9.17) is 0 Å². The highest BCUT2D eigenvalue weighted by molar-refractivity contribution is 5.37. The summed E-state index contributed by atoms with van der Waals surface area (Å²) in [7, 11) is 0. The van der Waals surface area contributed by atoms with Crippen LogP contribution in [0.3, 0.4) is 0 Å². The summed E-state index contributed by atoms with van der Waals surface area (Å²) >= 11 is 0. The second kappa shape index (κ2) is 6.85. The van der Waals surface area contributed by atoms with Crippen LogP contribution < -0.4 is 5.32 Å². The quantitative estimate of drug-likeness (QED) is 0.874. The Labute approximate surface area is 126 Å². The minimum atomic E-state index is -0.246. The van der Waals surface area contributed by atoms with E-state index in [1.54, 1.807) is 16.8 Å². The van der Waals surface area contributed by atoms with Gasteiger partial charge in [0.2, 0.25) is 0 Å². The molecule has 0 aliphatic carbocycles. The number of halogens is 1. The van der Waals surface area contributed by atoms with Crippen LogP contribution in [0.25, 0.3) is 5.69 Å². The normalized spacial score (nSPS) is 11.6. The topological polar surface area (TPSA) is 29.9 Å². The van der Waals surface area contributed by atoms with Crippen LogP contribution in [-0.2, 0) is 6.54 Å². The summed E-state index contributed by atoms with van der Waals surface area (Å²) in [4.78, 5) is 0. The van der Waals surface area contributed by atoms with E-state index < -0.39 is 0 Å². The highest BCUT2D eigenvalue weighted by atomic mass is 19.1. The number of aromatic nitrogens is 2. The Morgan fingerprint density at radius 3 is 2.52 bits per heavy atom. The van der Waals surface area contributed by atoms with Crippen molar-refractivity contribution in [2.45, 2.75) is 40.2 Å². The molecule has 0 saturated carbocycles. The number of para-hydroxylation sites is 1. The van der Waals surface area contributed by atoms with Crippen LogP contribution in [-0.4, -0.2) is 16.3 Å². The molecule has 2 rings (SSSR count). The second-order valence-corrected chi connectivity index (χ2v) is 6.10. The first kappa shape index (κ1) is 15.7. The molecule has 0 saturated heterocycles. The predicted octanol–water partition coefficient (Wildman–Crippen LogP) is 3.88. The fraction of sp³-hybridized carbons (Fsp3) is 0.471. The minimum Gasteiger partial charge on any atom is -0.312 e. The third kappa shape index (κ3) is 3.70. The molecule has 0 unspecified atom stereocenters. The molecule has 1 aromatic heterocycles. The van der Waals surface area contributed by atoms with Gasteiger partial charge < -0.3 is 5.32 Å². The number of benzene rings is 1. The fourth-order valence-corrected chi connectivity index (χ4v) is 2.45. The van der Waals surface area contributed by atoms with Crippen molar-refractivity contribution < 1.29 is 4.39 Å². The third-order valence-corrected chi connectivity index (χ3v) is 3.38. The first-order valence-electron chi connectivity index (χ1n) is 7.53. The van der Waals surface area contributed by atoms with Crippen LogP contribution in [0, 0.1) is 11.7 Å². The van der Waals surface area contributed by atoms with Gasteiger partial charge in [0.25, 0.3) is 0 Å². The van der Waals surface area contributed by atoms with Gasteiger partial charge in [-0.05, 0) is 30.5 Å². The van der Waals surface area contributed by atoms with Crippen LogP contribution in [0.15, 0.2) is 30.5 Å². The van der Waals surface area contributed by atoms with Gasteiger partial charge in [-0.25, -0.2) is 9.07 Å². The molecule has 1 aromatic carbocycles. The average molecular weight is 289 g/mol. The van der Waals surface area contributed by atoms with Crippen molar-refractivity contribution in [3.63, 3.8) is 0 Å². The summed E-state index contributed by atoms with van der Waals surface area (Å²) in [6.07, 6.45) is 1.84. The first-order valence-corrected chi connectivity index (χ1v) is 7.53. The summed E-state index contributed by atoms with van der Waals surface area (Å²) in [6, 6.07) is 6.76. The Hall–Kier alpha value is -1.68. The molecule has 0 amide bonds. The molecule has 0 radical (unpaired) electrons. The van der Waals surface area contributed by atoms with E-state index in [2.05, 4.69) is 38.1 Å². The minimum absolute atomic E-state index is 0.246. The summed E-state index contributed by atoms with van der Waals surface area (Å²) < 4.78 is 15.7. The third-order valence-electron chi connectivity index (χ3n) is 3.38. The number of hydrogen-bond donors (Lipinski definition) is 1. The summed E-state index contributed by atoms with van der Waals surface area (Å²) in [6.45, 7) is 10.3. The average Bonchev–Trinajstić information content (AvgIpc) is 2.82. The number of rotatable bonds is 6. The lowest BCUT2D eigenvalue weighted by Crippen LogP contribution is -2.20. The molecule has 0 bridgehead atoms. The molecule has 0 atom stereocenters. The van der Waals surface area contributed by atoms with Crippen LogP contribution >= 0.6 is 0 Å². The number of nitrogens with zero attached hydrogens (tertiary/aromatic N) is 2. The lowest BCUT2D eigenvalue weighted by molar-refractivity contribution is 0.549. The molecule has 114 valence electrons. The van der Waals surface area contributed by atoms with Crippen molar-refractivity contribution in [1.29, 1.82) is 0 Å². The van der Waals surface area contributed by atoms with E-state index in [1.807, 2.05) is 12.3 Å². The Morgan fingerprint density at radius 1 is 1.19 bits per heavy atom. The van der Waals surface area contributed by atoms with Gasteiger partial charge in [0, 0.05) is 12.1 Å². The zero-order valence-corrected chi connectivity index (χ0v) is 13.2. The van der Waals surface area contributed by atoms with Crippen molar-refractivity contribution in [3.8, 4) is 5.69 Å². The Morgan fingerprint density at radius 2 is 1.90 bits per heavy atom. The maximum atomic E-state index is 14.0. The summed E-state index contributed by atoms with van der Waals surface area (Å²) in [5, 5.41) is 7.83. The standard InChI is InChI=1S/C17H24FN3/c1-12(2)9-19-10-14-11-20-21(17(14)13(3)4)16-8-6-5-7-15(16)18/h5-8,11-13,19H,9-10H2,1-4H3. The first-order chi connectivity index (χ1) is 10.0. The Bertz CT molecular complexity index is 587. The summed E-state index contributed by atoms with van der Waals surface area (Å²) in [5.74, 6) is 0.640. The lowest BCUT2D eigenvalue weighted by atomic mass is 10.1. The molecule has 21 heavy (non-hydrogen) atoms. The van der Waals surface area contributed by atoms with Gasteiger partial charge in [-0.2, -0.15) is 5.10 Å². The number of nitrogens with one attached hydrogen (secondary N) is 1. The molecule has 0 aliphatic heterocycles. The van der Waals surface area contributed by atoms with Crippen molar-refractivity contribution in [2.24, 2.45) is 5.92 Å². The molecule has 2 aromatic rings. The zero-order valence-electron chi connectivity index (χ0n) is 13.2. The van der Waals surface area contributed by atoms with E-state index in [9.17, 15) is 4.39 Å². The fourth-order valence-electron chi connectivity index (χ4n) is 2.45. The van der Waals surface area contributed by atoms with Gasteiger partial charge in [-0.1, -0.05) is 39.8 Å². The van der Waals surface area contributed by atoms with Gasteiger partial charge in [0.15, 0.2) is 0 Å². The Balaban J connectivity index is 2.31. The van der Waals surface area contributed by atoms with Gasteiger partial charge in [0.1, 0.15) is 11.5 Å². The predicted molar refractivity (Wildman–Crippen MR) is 84.2 cm³/mol. The Kier molecular flexibility index (Phi) is 5.12. The van der Waals surface area contributed by atoms with E-state index in [0.717, 1.165) is 24.3 Å². The highest BCUT2D eigenvalue weighted by Gasteiger charge is 2.17. The maximum Gasteiger partial charge on any atom is 0.148 e. The van der Waals surface area contributed by atoms with Gasteiger partial charge in [-0.15, -0.1) is 0 Å². The van der Waals surface area contributed by atoms with Crippen LogP contribution in [0.1, 0.15) is 44.9 Å². The van der Waals surface area contributed by atoms with E-state index in [1.165, 1.54) is 6.07 Å². The van der Waals surface area contributed by atoms with E-state index in [-0.39, 0.29) is 11.7 Å². The number of hydrogen-bond acceptors (Lipinski definition) is 2. The highest BCUT2D eigenvalue weighted by Crippen LogP contribution is 2.24. The SMILES string of the molecule is CC(C)CNCc1cnn(-c2ccccc2F)c1C(C)C. The molecule has 4 heteroatoms. The van der Waals surface area contributed by atoms with Crippen LogP contribution in [0.4, 0.5) is 4.39 Å². The van der Waals surface area contributed by atoms with E-state index >= 15 is 0 Å². The molecular formula is C17H24FN3. The molecule has 0 spiro atoms. The van der Waals surface area contributed by atoms with Crippen LogP contribution in [0.5, 0.6) is 0 Å². The van der Waals surface area contributed by atoms with E-state index in [0.29, 0.717) is 11.6 Å². The monoisotopic (exact) mass is 289 g/mol. The van der Waals surface area contributed by atoms with Gasteiger partial charge in [0.05, 0.1) is 11.9 Å². The van der Waals surface area contributed by atoms with Crippen molar-refractivity contribution in [3.05, 3.63) is 47.5 Å². The summed E-state index contributed by atoms with van der Waals surface area (Å²) in [5.41, 5.74) is 2.71. The van der Waals surface area contributed by atoms with Crippen molar-refractivity contribution in [1.82, 2.24) is 15.1 Å². The van der Waals surface area contributed by atoms with Crippen molar-refractivity contribution in [2.75, 3.05) is 6.54 Å². The molecule has 0 aliphatic rings. The van der Waals surface area contributed by atoms with Gasteiger partial charge in [-0.3, -0.25) is 0 Å². The van der Waals surface area contributed by atoms with Crippen molar-refractivity contribution >= 4 is 0 Å². The molecular weight excluding hydrogens is 265 g/mol. The largest absolute Gasteiger partial charge is 0.312 e.